The Morgan fingerprint density at radius 2 is 1.91 bits per heavy atom. The minimum Gasteiger partial charge on any atom is -0.463 e. The fourth-order valence-electron chi connectivity index (χ4n) is 3.33. The third kappa shape index (κ3) is 3.41. The number of esters is 1. The van der Waals surface area contributed by atoms with Gasteiger partial charge in [0.15, 0.2) is 23.1 Å². The highest BCUT2D eigenvalue weighted by molar-refractivity contribution is 5.94. The number of methoxy groups -OCH3 is 1. The molecule has 4 heterocycles. The second kappa shape index (κ2) is 7.58. The molecule has 0 unspecified atom stereocenters. The second-order valence-electron chi connectivity index (χ2n) is 6.86. The molecule has 6 rings (SSSR count). The fourth-order valence-corrected chi connectivity index (χ4v) is 3.33. The smallest absolute Gasteiger partial charge is 0.373 e. The molecule has 0 saturated heterocycles. The van der Waals surface area contributed by atoms with Gasteiger partial charge in [-0.25, -0.2) is 14.2 Å². The number of carbonyl (C=O) groups is 1. The van der Waals surface area contributed by atoms with Crippen molar-refractivity contribution in [2.24, 2.45) is 0 Å². The van der Waals surface area contributed by atoms with Gasteiger partial charge in [-0.05, 0) is 24.3 Å². The average molecular weight is 458 g/mol. The van der Waals surface area contributed by atoms with Crippen LogP contribution in [0.25, 0.3) is 22.2 Å². The number of rotatable bonds is 4. The molecule has 3 N–H and O–H groups in total. The molecule has 0 saturated carbocycles. The molecule has 2 bridgehead atoms. The summed E-state index contributed by atoms with van der Waals surface area (Å²) in [6.45, 7) is -0.425. The molecule has 168 valence electrons. The van der Waals surface area contributed by atoms with E-state index in [1.807, 2.05) is 0 Å². The van der Waals surface area contributed by atoms with Crippen LogP contribution in [-0.4, -0.2) is 29.8 Å². The van der Waals surface area contributed by atoms with Crippen LogP contribution in [0.5, 0.6) is 11.5 Å². The van der Waals surface area contributed by atoms with Crippen LogP contribution in [0.4, 0.5) is 30.6 Å². The van der Waals surface area contributed by atoms with Crippen molar-refractivity contribution in [3.8, 4) is 22.8 Å². The monoisotopic (exact) mass is 458 g/mol. The highest BCUT2D eigenvalue weighted by Crippen LogP contribution is 2.40. The van der Waals surface area contributed by atoms with E-state index in [-0.39, 0.29) is 23.1 Å². The average Bonchev–Trinajstić information content (AvgIpc) is 3.06. The number of aromatic nitrogens is 2. The number of carbonyl (C=O) groups excluding carboxylic acids is 1. The van der Waals surface area contributed by atoms with Gasteiger partial charge < -0.3 is 29.7 Å². The van der Waals surface area contributed by atoms with E-state index in [0.717, 1.165) is 6.07 Å². The molecule has 4 aromatic rings. The summed E-state index contributed by atoms with van der Waals surface area (Å²) >= 11 is 0. The number of nitrogens with one attached hydrogen (secondary N) is 1. The Balaban J connectivity index is 1.57. The summed E-state index contributed by atoms with van der Waals surface area (Å²) < 4.78 is 63.5. The van der Waals surface area contributed by atoms with E-state index in [9.17, 15) is 13.6 Å². The van der Waals surface area contributed by atoms with Crippen molar-refractivity contribution in [3.05, 3.63) is 53.5 Å². The molecular weight excluding hydrogens is 445 g/mol. The van der Waals surface area contributed by atoms with Crippen molar-refractivity contribution < 1.29 is 36.6 Å². The molecule has 0 fully saturated rings. The zero-order chi connectivity index (χ0) is 23.3. The van der Waals surface area contributed by atoms with Gasteiger partial charge in [-0.15, -0.1) is 0 Å². The first-order valence-corrected chi connectivity index (χ1v) is 9.35. The lowest BCUT2D eigenvalue weighted by Gasteiger charge is -2.13. The maximum atomic E-state index is 15.4. The van der Waals surface area contributed by atoms with Gasteiger partial charge in [0.2, 0.25) is 30.1 Å². The number of hydrogen-bond acceptors (Lipinski definition) is 9. The zero-order valence-electron chi connectivity index (χ0n) is 16.7. The lowest BCUT2D eigenvalue weighted by molar-refractivity contribution is 0.0567. The quantitative estimate of drug-likeness (QED) is 0.434. The molecule has 0 aliphatic carbocycles. The van der Waals surface area contributed by atoms with Crippen LogP contribution in [0.3, 0.4) is 0 Å². The number of hydrogen-bond donors (Lipinski definition) is 2. The first kappa shape index (κ1) is 20.4. The molecule has 0 amide bonds. The minimum absolute atomic E-state index is 0.0240. The summed E-state index contributed by atoms with van der Waals surface area (Å²) in [7, 11) is 1.22. The van der Waals surface area contributed by atoms with Gasteiger partial charge in [0.25, 0.3) is 0 Å². The van der Waals surface area contributed by atoms with Gasteiger partial charge >= 0.3 is 5.97 Å². The van der Waals surface area contributed by atoms with Crippen molar-refractivity contribution in [2.75, 3.05) is 25.0 Å². The molecule has 33 heavy (non-hydrogen) atoms. The zero-order valence-corrected chi connectivity index (χ0v) is 16.7. The van der Waals surface area contributed by atoms with Gasteiger partial charge in [0.1, 0.15) is 11.3 Å². The SMILES string of the molecule is COC(=O)c1cc2cc(-c3nc(N)nc(Nc4cc5c(F)c(F)c4OCO5)c3F)ccc2o1. The normalized spacial score (nSPS) is 12.2. The van der Waals surface area contributed by atoms with Crippen molar-refractivity contribution in [1.29, 1.82) is 0 Å². The van der Waals surface area contributed by atoms with E-state index < -0.39 is 47.5 Å². The highest BCUT2D eigenvalue weighted by atomic mass is 19.2. The number of nitrogen functional groups attached to an aromatic ring is 1. The molecule has 0 spiro atoms. The number of halogens is 3. The van der Waals surface area contributed by atoms with Gasteiger partial charge in [-0.1, -0.05) is 0 Å². The standard InChI is InChI=1S/C21H13F3N4O5/c1-30-20(29)13-5-9-4-8(2-3-11(9)33-13)17-16(24)19(28-21(25)27-17)26-10-6-12-14(22)15(23)18(10)32-7-31-12/h2-6H,7H2,1H3,(H3,25,26,27,28). The van der Waals surface area contributed by atoms with E-state index >= 15 is 4.39 Å². The van der Waals surface area contributed by atoms with Crippen molar-refractivity contribution in [2.45, 2.75) is 0 Å². The Labute approximate surface area is 182 Å². The molecule has 0 radical (unpaired) electrons. The van der Waals surface area contributed by atoms with Crippen LogP contribution in [-0.2, 0) is 4.74 Å². The van der Waals surface area contributed by atoms with E-state index in [1.54, 1.807) is 0 Å². The maximum Gasteiger partial charge on any atom is 0.373 e. The van der Waals surface area contributed by atoms with Crippen LogP contribution in [0.1, 0.15) is 10.6 Å². The Bertz CT molecular complexity index is 1440. The van der Waals surface area contributed by atoms with E-state index in [1.165, 1.54) is 31.4 Å². The van der Waals surface area contributed by atoms with Crippen LogP contribution in [0, 0.1) is 17.5 Å². The number of nitrogens with zero attached hydrogens (tertiary/aromatic N) is 2. The summed E-state index contributed by atoms with van der Waals surface area (Å²) in [6.07, 6.45) is 0. The predicted octanol–water partition coefficient (Wildman–Crippen LogP) is 4.15. The fraction of sp³-hybridized carbons (Fsp3) is 0.0952. The third-order valence-electron chi connectivity index (χ3n) is 4.84. The number of anilines is 3. The maximum absolute atomic E-state index is 15.4. The predicted molar refractivity (Wildman–Crippen MR) is 109 cm³/mol. The van der Waals surface area contributed by atoms with Gasteiger partial charge in [0.05, 0.1) is 12.8 Å². The summed E-state index contributed by atoms with van der Waals surface area (Å²) in [4.78, 5) is 19.5. The van der Waals surface area contributed by atoms with E-state index in [0.29, 0.717) is 16.5 Å². The lowest BCUT2D eigenvalue weighted by atomic mass is 10.1. The highest BCUT2D eigenvalue weighted by Gasteiger charge is 2.26. The van der Waals surface area contributed by atoms with Gasteiger partial charge in [-0.2, -0.15) is 13.8 Å². The Morgan fingerprint density at radius 1 is 1.09 bits per heavy atom. The Morgan fingerprint density at radius 3 is 2.70 bits per heavy atom. The van der Waals surface area contributed by atoms with Crippen LogP contribution < -0.4 is 20.5 Å². The van der Waals surface area contributed by atoms with Crippen LogP contribution in [0.2, 0.25) is 0 Å². The largest absolute Gasteiger partial charge is 0.463 e. The van der Waals surface area contributed by atoms with E-state index in [4.69, 9.17) is 19.6 Å². The number of furan rings is 1. The molecular formula is C21H13F3N4O5. The molecule has 2 aliphatic rings. The number of ether oxygens (including phenoxy) is 3. The first-order valence-electron chi connectivity index (χ1n) is 9.35. The molecule has 12 heteroatoms. The van der Waals surface area contributed by atoms with Gasteiger partial charge in [-0.3, -0.25) is 0 Å². The lowest BCUT2D eigenvalue weighted by Crippen LogP contribution is -2.07. The van der Waals surface area contributed by atoms with Crippen molar-refractivity contribution in [1.82, 2.24) is 9.97 Å². The molecule has 2 aliphatic heterocycles. The topological polar surface area (TPSA) is 122 Å². The number of nitrogens with two attached hydrogens (primary N) is 1. The van der Waals surface area contributed by atoms with Crippen LogP contribution >= 0.6 is 0 Å². The van der Waals surface area contributed by atoms with Crippen LogP contribution in [0.15, 0.2) is 34.7 Å². The second-order valence-corrected chi connectivity index (χ2v) is 6.86. The summed E-state index contributed by atoms with van der Waals surface area (Å²) in [5.74, 6) is -5.72. The summed E-state index contributed by atoms with van der Waals surface area (Å²) in [5, 5.41) is 3.05. The summed E-state index contributed by atoms with van der Waals surface area (Å²) in [5.41, 5.74) is 6.14. The van der Waals surface area contributed by atoms with E-state index in [2.05, 4.69) is 20.0 Å². The first-order chi connectivity index (χ1) is 15.9. The van der Waals surface area contributed by atoms with Crippen molar-refractivity contribution >= 4 is 34.4 Å². The summed E-state index contributed by atoms with van der Waals surface area (Å²) in [6, 6.07) is 7.12. The number of benzene rings is 2. The molecule has 2 aromatic heterocycles. The third-order valence-corrected chi connectivity index (χ3v) is 4.84. The Kier molecular flexibility index (Phi) is 4.69. The van der Waals surface area contributed by atoms with Gasteiger partial charge in [0, 0.05) is 17.0 Å². The minimum atomic E-state index is -1.29. The Hall–Kier alpha value is -4.48. The molecule has 0 atom stereocenters. The number of fused-ring (bicyclic) bond motifs is 5. The molecule has 2 aromatic carbocycles. The molecule has 9 nitrogen and oxygen atoms in total. The van der Waals surface area contributed by atoms with Crippen molar-refractivity contribution in [3.63, 3.8) is 0 Å².